The molecule has 0 saturated carbocycles. The Bertz CT molecular complexity index is 809. The van der Waals surface area contributed by atoms with Crippen LogP contribution in [0.1, 0.15) is 10.5 Å². The summed E-state index contributed by atoms with van der Waals surface area (Å²) in [7, 11) is 0. The van der Waals surface area contributed by atoms with Crippen molar-refractivity contribution in [2.45, 2.75) is 0 Å². The number of nitro groups is 1. The number of amides is 1. The number of benzene rings is 1. The summed E-state index contributed by atoms with van der Waals surface area (Å²) in [4.78, 5) is 26.4. The highest BCUT2D eigenvalue weighted by molar-refractivity contribution is 7.13. The van der Waals surface area contributed by atoms with Crippen molar-refractivity contribution in [3.8, 4) is 10.8 Å². The van der Waals surface area contributed by atoms with Crippen molar-refractivity contribution in [2.75, 3.05) is 5.32 Å². The van der Waals surface area contributed by atoms with E-state index in [1.165, 1.54) is 41.9 Å². The lowest BCUT2D eigenvalue weighted by molar-refractivity contribution is -0.384. The lowest BCUT2D eigenvalue weighted by atomic mass is 10.3. The number of aromatic nitrogens is 1. The van der Waals surface area contributed by atoms with Gasteiger partial charge in [0.15, 0.2) is 10.8 Å². The first-order chi connectivity index (χ1) is 10.6. The molecule has 0 aliphatic carbocycles. The van der Waals surface area contributed by atoms with Crippen LogP contribution in [0.15, 0.2) is 52.5 Å². The SMILES string of the molecule is O=C(Nc1ccc([N+](=O)[O-])cc1)c1csc(-c2ccco2)n1. The van der Waals surface area contributed by atoms with E-state index in [1.54, 1.807) is 17.5 Å². The van der Waals surface area contributed by atoms with E-state index < -0.39 is 4.92 Å². The molecule has 0 bridgehead atoms. The molecule has 0 unspecified atom stereocenters. The third kappa shape index (κ3) is 2.86. The number of furan rings is 1. The molecule has 7 nitrogen and oxygen atoms in total. The summed E-state index contributed by atoms with van der Waals surface area (Å²) in [5, 5.41) is 15.4. The maximum atomic E-state index is 12.1. The highest BCUT2D eigenvalue weighted by atomic mass is 32.1. The van der Waals surface area contributed by atoms with Crippen molar-refractivity contribution in [3.63, 3.8) is 0 Å². The first-order valence-corrected chi connectivity index (χ1v) is 7.06. The van der Waals surface area contributed by atoms with E-state index in [0.717, 1.165) is 0 Å². The Balaban J connectivity index is 1.73. The van der Waals surface area contributed by atoms with Gasteiger partial charge in [0.2, 0.25) is 0 Å². The van der Waals surface area contributed by atoms with E-state index in [1.807, 2.05) is 0 Å². The number of hydrogen-bond acceptors (Lipinski definition) is 6. The van der Waals surface area contributed by atoms with Crippen LogP contribution in [0.5, 0.6) is 0 Å². The molecule has 0 aliphatic rings. The van der Waals surface area contributed by atoms with Crippen LogP contribution >= 0.6 is 11.3 Å². The maximum absolute atomic E-state index is 12.1. The topological polar surface area (TPSA) is 98.3 Å². The van der Waals surface area contributed by atoms with Gasteiger partial charge in [-0.2, -0.15) is 0 Å². The van der Waals surface area contributed by atoms with Crippen molar-refractivity contribution >= 4 is 28.6 Å². The average molecular weight is 315 g/mol. The van der Waals surface area contributed by atoms with Crippen LogP contribution < -0.4 is 5.32 Å². The van der Waals surface area contributed by atoms with E-state index >= 15 is 0 Å². The number of non-ortho nitro benzene ring substituents is 1. The molecule has 8 heteroatoms. The molecule has 0 saturated heterocycles. The molecule has 0 radical (unpaired) electrons. The van der Waals surface area contributed by atoms with Gasteiger partial charge in [0.05, 0.1) is 11.2 Å². The lowest BCUT2D eigenvalue weighted by Gasteiger charge is -2.02. The molecule has 1 N–H and O–H groups in total. The van der Waals surface area contributed by atoms with E-state index in [-0.39, 0.29) is 17.3 Å². The fourth-order valence-electron chi connectivity index (χ4n) is 1.75. The lowest BCUT2D eigenvalue weighted by Crippen LogP contribution is -2.12. The van der Waals surface area contributed by atoms with E-state index in [4.69, 9.17) is 4.42 Å². The van der Waals surface area contributed by atoms with Gasteiger partial charge in [0.1, 0.15) is 5.69 Å². The average Bonchev–Trinajstić information content (AvgIpc) is 3.19. The second-order valence-electron chi connectivity index (χ2n) is 4.27. The zero-order valence-corrected chi connectivity index (χ0v) is 11.9. The Kier molecular flexibility index (Phi) is 3.67. The van der Waals surface area contributed by atoms with Crippen LogP contribution in [0, 0.1) is 10.1 Å². The number of nitro benzene ring substituents is 1. The molecule has 0 aliphatic heterocycles. The predicted octanol–water partition coefficient (Wildman–Crippen LogP) is 3.56. The minimum absolute atomic E-state index is 0.0354. The third-order valence-corrected chi connectivity index (χ3v) is 3.66. The summed E-state index contributed by atoms with van der Waals surface area (Å²) in [6.07, 6.45) is 1.54. The smallest absolute Gasteiger partial charge is 0.275 e. The highest BCUT2D eigenvalue weighted by Crippen LogP contribution is 2.24. The van der Waals surface area contributed by atoms with Crippen LogP contribution in [0.4, 0.5) is 11.4 Å². The molecule has 1 amide bonds. The molecule has 0 spiro atoms. The van der Waals surface area contributed by atoms with Gasteiger partial charge in [-0.05, 0) is 24.3 Å². The van der Waals surface area contributed by atoms with Gasteiger partial charge in [-0.25, -0.2) is 4.98 Å². The van der Waals surface area contributed by atoms with Gasteiger partial charge in [-0.1, -0.05) is 0 Å². The molecule has 110 valence electrons. The number of rotatable bonds is 4. The number of nitrogens with zero attached hydrogens (tertiary/aromatic N) is 2. The summed E-state index contributed by atoms with van der Waals surface area (Å²) in [5.74, 6) is 0.210. The van der Waals surface area contributed by atoms with Gasteiger partial charge >= 0.3 is 0 Å². The largest absolute Gasteiger partial charge is 0.462 e. The standard InChI is InChI=1S/C14H9N3O4S/c18-13(15-9-3-5-10(6-4-9)17(19)20)11-8-22-14(16-11)12-2-1-7-21-12/h1-8H,(H,15,18). The van der Waals surface area contributed by atoms with Crippen molar-refractivity contribution < 1.29 is 14.1 Å². The number of thiazole rings is 1. The van der Waals surface area contributed by atoms with E-state index in [9.17, 15) is 14.9 Å². The Morgan fingerprint density at radius 2 is 2.05 bits per heavy atom. The van der Waals surface area contributed by atoms with Crippen molar-refractivity contribution in [3.05, 3.63) is 63.8 Å². The summed E-state index contributed by atoms with van der Waals surface area (Å²) in [5.41, 5.74) is 0.685. The molecule has 0 fully saturated rings. The highest BCUT2D eigenvalue weighted by Gasteiger charge is 2.14. The molecule has 2 aromatic heterocycles. The minimum atomic E-state index is -0.498. The van der Waals surface area contributed by atoms with Crippen LogP contribution in [-0.2, 0) is 0 Å². The number of carbonyl (C=O) groups excluding carboxylic acids is 1. The molecule has 0 atom stereocenters. The van der Waals surface area contributed by atoms with Crippen LogP contribution in [0.3, 0.4) is 0 Å². The van der Waals surface area contributed by atoms with E-state index in [2.05, 4.69) is 10.3 Å². The van der Waals surface area contributed by atoms with Crippen molar-refractivity contribution in [1.82, 2.24) is 4.98 Å². The Morgan fingerprint density at radius 1 is 1.27 bits per heavy atom. The molecule has 2 heterocycles. The van der Waals surface area contributed by atoms with Crippen LogP contribution in [-0.4, -0.2) is 15.8 Å². The fourth-order valence-corrected chi connectivity index (χ4v) is 2.52. The Morgan fingerprint density at radius 3 is 2.68 bits per heavy atom. The zero-order chi connectivity index (χ0) is 15.5. The van der Waals surface area contributed by atoms with Gasteiger partial charge in [0.25, 0.3) is 11.6 Å². The number of anilines is 1. The normalized spacial score (nSPS) is 10.4. The molecule has 22 heavy (non-hydrogen) atoms. The summed E-state index contributed by atoms with van der Waals surface area (Å²) >= 11 is 1.30. The number of nitrogens with one attached hydrogen (secondary N) is 1. The van der Waals surface area contributed by atoms with Crippen molar-refractivity contribution in [2.24, 2.45) is 0 Å². The molecule has 1 aromatic carbocycles. The second-order valence-corrected chi connectivity index (χ2v) is 5.13. The first kappa shape index (κ1) is 14.0. The predicted molar refractivity (Wildman–Crippen MR) is 80.9 cm³/mol. The molecule has 3 aromatic rings. The second kappa shape index (κ2) is 5.78. The van der Waals surface area contributed by atoms with Crippen molar-refractivity contribution in [1.29, 1.82) is 0 Å². The van der Waals surface area contributed by atoms with E-state index in [0.29, 0.717) is 16.5 Å². The summed E-state index contributed by atoms with van der Waals surface area (Å²) < 4.78 is 5.22. The van der Waals surface area contributed by atoms with Gasteiger partial charge in [-0.3, -0.25) is 14.9 Å². The minimum Gasteiger partial charge on any atom is -0.462 e. The third-order valence-electron chi connectivity index (χ3n) is 2.80. The Labute approximate surface area is 128 Å². The maximum Gasteiger partial charge on any atom is 0.275 e. The summed E-state index contributed by atoms with van der Waals surface area (Å²) in [6, 6.07) is 9.09. The Hall–Kier alpha value is -3.00. The monoisotopic (exact) mass is 315 g/mol. The number of carbonyl (C=O) groups is 1. The fraction of sp³-hybridized carbons (Fsp3) is 0. The van der Waals surface area contributed by atoms with Gasteiger partial charge < -0.3 is 9.73 Å². The molecule has 3 rings (SSSR count). The van der Waals surface area contributed by atoms with Gasteiger partial charge in [-0.15, -0.1) is 11.3 Å². The summed E-state index contributed by atoms with van der Waals surface area (Å²) in [6.45, 7) is 0. The zero-order valence-electron chi connectivity index (χ0n) is 11.1. The van der Waals surface area contributed by atoms with Gasteiger partial charge in [0, 0.05) is 23.2 Å². The van der Waals surface area contributed by atoms with Crippen LogP contribution in [0.25, 0.3) is 10.8 Å². The molecular weight excluding hydrogens is 306 g/mol. The quantitative estimate of drug-likeness (QED) is 0.586. The first-order valence-electron chi connectivity index (χ1n) is 6.19. The number of hydrogen-bond donors (Lipinski definition) is 1. The van der Waals surface area contributed by atoms with Crippen LogP contribution in [0.2, 0.25) is 0 Å². The molecular formula is C14H9N3O4S.